The molecule has 0 saturated carbocycles. The first-order valence-corrected chi connectivity index (χ1v) is 4.81. The van der Waals surface area contributed by atoms with Crippen LogP contribution in [0.15, 0.2) is 6.07 Å². The van der Waals surface area contributed by atoms with Crippen molar-refractivity contribution in [1.29, 1.82) is 0 Å². The minimum Gasteiger partial charge on any atom is -0.491 e. The fraction of sp³-hybridized carbons (Fsp3) is 0.545. The highest BCUT2D eigenvalue weighted by Crippen LogP contribution is 2.33. The third-order valence-corrected chi connectivity index (χ3v) is 2.41. The fourth-order valence-electron chi connectivity index (χ4n) is 1.77. The Kier molecular flexibility index (Phi) is 1.98. The van der Waals surface area contributed by atoms with Gasteiger partial charge in [0.25, 0.3) is 0 Å². The largest absolute Gasteiger partial charge is 0.491 e. The van der Waals surface area contributed by atoms with E-state index in [2.05, 4.69) is 24.9 Å². The van der Waals surface area contributed by atoms with Crippen LogP contribution in [0.5, 0.6) is 5.75 Å². The summed E-state index contributed by atoms with van der Waals surface area (Å²) in [5.74, 6) is 1.56. The number of ether oxygens (including phenoxy) is 1. The van der Waals surface area contributed by atoms with Crippen LogP contribution in [0.1, 0.15) is 36.7 Å². The van der Waals surface area contributed by atoms with Crippen molar-refractivity contribution in [2.24, 2.45) is 0 Å². The van der Waals surface area contributed by atoms with Gasteiger partial charge in [-0.2, -0.15) is 0 Å². The van der Waals surface area contributed by atoms with Gasteiger partial charge >= 0.3 is 0 Å². The summed E-state index contributed by atoms with van der Waals surface area (Å²) in [7, 11) is 0. The van der Waals surface area contributed by atoms with Crippen LogP contribution in [-0.2, 0) is 6.42 Å². The van der Waals surface area contributed by atoms with Crippen molar-refractivity contribution in [2.75, 3.05) is 6.61 Å². The molecular weight excluding hydrogens is 162 g/mol. The zero-order valence-corrected chi connectivity index (χ0v) is 8.42. The van der Waals surface area contributed by atoms with Gasteiger partial charge in [-0.3, -0.25) is 4.98 Å². The molecule has 1 aromatic rings. The number of nitrogens with zero attached hydrogens (tertiary/aromatic N) is 1. The van der Waals surface area contributed by atoms with Crippen LogP contribution in [0.25, 0.3) is 0 Å². The third-order valence-electron chi connectivity index (χ3n) is 2.41. The standard InChI is InChI=1S/C11H15NO/c1-7(2)9-6-8(3)12-10-4-5-13-11(9)10/h6-7H,4-5H2,1-3H3. The molecule has 1 aromatic heterocycles. The molecule has 1 aliphatic heterocycles. The normalized spacial score (nSPS) is 14.5. The first-order valence-electron chi connectivity index (χ1n) is 4.81. The predicted molar refractivity (Wildman–Crippen MR) is 52.3 cm³/mol. The molecule has 2 nitrogen and oxygen atoms in total. The molecule has 0 atom stereocenters. The quantitative estimate of drug-likeness (QED) is 0.657. The summed E-state index contributed by atoms with van der Waals surface area (Å²) >= 11 is 0. The number of fused-ring (bicyclic) bond motifs is 1. The summed E-state index contributed by atoms with van der Waals surface area (Å²) in [6.45, 7) is 7.23. The van der Waals surface area contributed by atoms with E-state index in [4.69, 9.17) is 4.74 Å². The first-order chi connectivity index (χ1) is 6.18. The first kappa shape index (κ1) is 8.54. The Bertz CT molecular complexity index is 331. The number of aromatic nitrogens is 1. The Labute approximate surface area is 78.9 Å². The maximum Gasteiger partial charge on any atom is 0.144 e. The van der Waals surface area contributed by atoms with Crippen molar-refractivity contribution in [3.05, 3.63) is 23.0 Å². The highest BCUT2D eigenvalue weighted by atomic mass is 16.5. The predicted octanol–water partition coefficient (Wildman–Crippen LogP) is 2.45. The Morgan fingerprint density at radius 3 is 2.92 bits per heavy atom. The number of pyridine rings is 1. The van der Waals surface area contributed by atoms with Gasteiger partial charge in [-0.25, -0.2) is 0 Å². The van der Waals surface area contributed by atoms with Gasteiger partial charge in [0.2, 0.25) is 0 Å². The van der Waals surface area contributed by atoms with Crippen molar-refractivity contribution in [2.45, 2.75) is 33.1 Å². The number of hydrogen-bond donors (Lipinski definition) is 0. The number of aryl methyl sites for hydroxylation is 1. The van der Waals surface area contributed by atoms with Gasteiger partial charge < -0.3 is 4.74 Å². The molecule has 2 heterocycles. The summed E-state index contributed by atoms with van der Waals surface area (Å²) < 4.78 is 5.58. The van der Waals surface area contributed by atoms with E-state index in [9.17, 15) is 0 Å². The van der Waals surface area contributed by atoms with Gasteiger partial charge in [0.15, 0.2) is 0 Å². The summed E-state index contributed by atoms with van der Waals surface area (Å²) in [5, 5.41) is 0. The average molecular weight is 177 g/mol. The maximum absolute atomic E-state index is 5.58. The molecule has 0 amide bonds. The van der Waals surface area contributed by atoms with Gasteiger partial charge in [-0.15, -0.1) is 0 Å². The fourth-order valence-corrected chi connectivity index (χ4v) is 1.77. The van der Waals surface area contributed by atoms with Crippen molar-refractivity contribution in [3.8, 4) is 5.75 Å². The third kappa shape index (κ3) is 1.41. The highest BCUT2D eigenvalue weighted by Gasteiger charge is 2.19. The molecule has 0 saturated heterocycles. The second-order valence-corrected chi connectivity index (χ2v) is 3.88. The molecule has 0 unspecified atom stereocenters. The van der Waals surface area contributed by atoms with E-state index < -0.39 is 0 Å². The zero-order chi connectivity index (χ0) is 9.42. The van der Waals surface area contributed by atoms with Gasteiger partial charge in [0.1, 0.15) is 5.75 Å². The lowest BCUT2D eigenvalue weighted by Crippen LogP contribution is -1.96. The summed E-state index contributed by atoms with van der Waals surface area (Å²) in [5.41, 5.74) is 3.55. The average Bonchev–Trinajstić information content (AvgIpc) is 2.49. The van der Waals surface area contributed by atoms with E-state index in [1.807, 2.05) is 6.92 Å². The minimum absolute atomic E-state index is 0.522. The van der Waals surface area contributed by atoms with Crippen LogP contribution in [-0.4, -0.2) is 11.6 Å². The molecule has 2 rings (SSSR count). The second kappa shape index (κ2) is 3.02. The van der Waals surface area contributed by atoms with Gasteiger partial charge in [-0.1, -0.05) is 13.8 Å². The highest BCUT2D eigenvalue weighted by molar-refractivity contribution is 5.42. The molecule has 13 heavy (non-hydrogen) atoms. The Morgan fingerprint density at radius 1 is 1.46 bits per heavy atom. The van der Waals surface area contributed by atoms with E-state index in [0.717, 1.165) is 30.2 Å². The van der Waals surface area contributed by atoms with Crippen LogP contribution in [0.2, 0.25) is 0 Å². The smallest absolute Gasteiger partial charge is 0.144 e. The van der Waals surface area contributed by atoms with Crippen molar-refractivity contribution in [3.63, 3.8) is 0 Å². The molecule has 0 bridgehead atoms. The molecule has 1 aliphatic rings. The Morgan fingerprint density at radius 2 is 2.23 bits per heavy atom. The molecule has 0 aromatic carbocycles. The van der Waals surface area contributed by atoms with E-state index in [0.29, 0.717) is 5.92 Å². The van der Waals surface area contributed by atoms with E-state index in [1.165, 1.54) is 5.56 Å². The van der Waals surface area contributed by atoms with E-state index >= 15 is 0 Å². The Hall–Kier alpha value is -1.05. The summed E-state index contributed by atoms with van der Waals surface area (Å²) in [6.07, 6.45) is 0.969. The van der Waals surface area contributed by atoms with Crippen LogP contribution in [0.3, 0.4) is 0 Å². The van der Waals surface area contributed by atoms with Crippen LogP contribution in [0, 0.1) is 6.92 Å². The molecule has 0 fully saturated rings. The van der Waals surface area contributed by atoms with Crippen LogP contribution >= 0.6 is 0 Å². The molecule has 70 valence electrons. The van der Waals surface area contributed by atoms with Crippen LogP contribution in [0.4, 0.5) is 0 Å². The van der Waals surface area contributed by atoms with Crippen molar-refractivity contribution in [1.82, 2.24) is 4.98 Å². The van der Waals surface area contributed by atoms with E-state index in [1.54, 1.807) is 0 Å². The topological polar surface area (TPSA) is 22.1 Å². The van der Waals surface area contributed by atoms with Crippen molar-refractivity contribution >= 4 is 0 Å². The van der Waals surface area contributed by atoms with Gasteiger partial charge in [-0.05, 0) is 18.9 Å². The molecular formula is C11H15NO. The number of hydrogen-bond acceptors (Lipinski definition) is 2. The summed E-state index contributed by atoms with van der Waals surface area (Å²) in [6, 6.07) is 2.13. The van der Waals surface area contributed by atoms with Crippen LogP contribution < -0.4 is 4.74 Å². The Balaban J connectivity index is 2.55. The monoisotopic (exact) mass is 177 g/mol. The SMILES string of the molecule is Cc1cc(C(C)C)c2c(n1)CCO2. The maximum atomic E-state index is 5.58. The minimum atomic E-state index is 0.522. The number of rotatable bonds is 1. The zero-order valence-electron chi connectivity index (χ0n) is 8.42. The van der Waals surface area contributed by atoms with Gasteiger partial charge in [0, 0.05) is 17.7 Å². The summed E-state index contributed by atoms with van der Waals surface area (Å²) in [4.78, 5) is 4.47. The molecule has 0 aliphatic carbocycles. The molecule has 2 heteroatoms. The lowest BCUT2D eigenvalue weighted by molar-refractivity contribution is 0.352. The molecule has 0 N–H and O–H groups in total. The van der Waals surface area contributed by atoms with E-state index in [-0.39, 0.29) is 0 Å². The van der Waals surface area contributed by atoms with Crippen molar-refractivity contribution < 1.29 is 4.74 Å². The van der Waals surface area contributed by atoms with Gasteiger partial charge in [0.05, 0.1) is 12.3 Å². The lowest BCUT2D eigenvalue weighted by atomic mass is 10.0. The molecule has 0 radical (unpaired) electrons. The lowest BCUT2D eigenvalue weighted by Gasteiger charge is -2.11. The second-order valence-electron chi connectivity index (χ2n) is 3.88. The molecule has 0 spiro atoms.